The number of nitrogens with one attached hydrogen (secondary N) is 1. The lowest BCUT2D eigenvalue weighted by Crippen LogP contribution is -2.27. The minimum atomic E-state index is 0.579. The van der Waals surface area contributed by atoms with Crippen molar-refractivity contribution in [3.63, 3.8) is 0 Å². The lowest BCUT2D eigenvalue weighted by atomic mass is 9.85. The van der Waals surface area contributed by atoms with Crippen LogP contribution in [-0.4, -0.2) is 37.6 Å². The monoisotopic (exact) mass is 268 g/mol. The van der Waals surface area contributed by atoms with Crippen LogP contribution in [0.2, 0.25) is 0 Å². The third-order valence-electron chi connectivity index (χ3n) is 4.31. The summed E-state index contributed by atoms with van der Waals surface area (Å²) < 4.78 is 0. The van der Waals surface area contributed by atoms with Crippen molar-refractivity contribution in [3.8, 4) is 0 Å². The fourth-order valence-electron chi connectivity index (χ4n) is 2.86. The van der Waals surface area contributed by atoms with E-state index in [1.165, 1.54) is 71.2 Å². The number of likely N-dealkylation sites (tertiary alicyclic amines) is 1. The summed E-state index contributed by atoms with van der Waals surface area (Å²) in [5.74, 6) is 0.778. The summed E-state index contributed by atoms with van der Waals surface area (Å²) in [5.41, 5.74) is 0.579. The number of hydrogen-bond donors (Lipinski definition) is 1. The van der Waals surface area contributed by atoms with Crippen LogP contribution in [0.5, 0.6) is 0 Å². The van der Waals surface area contributed by atoms with E-state index in [2.05, 4.69) is 37.9 Å². The molecule has 2 heteroatoms. The predicted octanol–water partition coefficient (Wildman–Crippen LogP) is 3.91. The summed E-state index contributed by atoms with van der Waals surface area (Å²) in [6.45, 7) is 15.7. The van der Waals surface area contributed by atoms with Crippen LogP contribution in [0.15, 0.2) is 0 Å². The summed E-state index contributed by atoms with van der Waals surface area (Å²) in [5, 5.41) is 3.53. The van der Waals surface area contributed by atoms with Gasteiger partial charge in [0.1, 0.15) is 0 Å². The molecule has 1 heterocycles. The maximum Gasteiger partial charge on any atom is -0.00136 e. The van der Waals surface area contributed by atoms with Crippen molar-refractivity contribution >= 4 is 0 Å². The largest absolute Gasteiger partial charge is 0.316 e. The fraction of sp³-hybridized carbons (Fsp3) is 1.00. The van der Waals surface area contributed by atoms with Gasteiger partial charge in [0.05, 0.1) is 0 Å². The molecule has 1 aliphatic heterocycles. The van der Waals surface area contributed by atoms with Gasteiger partial charge in [-0.15, -0.1) is 0 Å². The van der Waals surface area contributed by atoms with Crippen LogP contribution >= 0.6 is 0 Å². The quantitative estimate of drug-likeness (QED) is 0.671. The molecule has 1 N–H and O–H groups in total. The summed E-state index contributed by atoms with van der Waals surface area (Å²) in [6.07, 6.45) is 8.27. The van der Waals surface area contributed by atoms with Crippen LogP contribution in [-0.2, 0) is 0 Å². The average molecular weight is 268 g/mol. The normalized spacial score (nSPS) is 20.7. The highest BCUT2D eigenvalue weighted by molar-refractivity contribution is 4.76. The van der Waals surface area contributed by atoms with Crippen LogP contribution < -0.4 is 5.32 Å². The van der Waals surface area contributed by atoms with Gasteiger partial charge < -0.3 is 10.2 Å². The molecule has 0 aromatic carbocycles. The molecular formula is C17H36N2. The Hall–Kier alpha value is -0.0800. The Morgan fingerprint density at radius 2 is 1.84 bits per heavy atom. The molecule has 0 spiro atoms. The van der Waals surface area contributed by atoms with E-state index in [-0.39, 0.29) is 0 Å². The minimum absolute atomic E-state index is 0.579. The van der Waals surface area contributed by atoms with E-state index in [1.807, 2.05) is 0 Å². The average Bonchev–Trinajstić information content (AvgIpc) is 2.49. The van der Waals surface area contributed by atoms with Crippen molar-refractivity contribution < 1.29 is 0 Å². The van der Waals surface area contributed by atoms with Gasteiger partial charge in [-0.1, -0.05) is 34.1 Å². The standard InChI is InChI=1S/C17H36N2/c1-16(2)15-18-11-6-5-7-12-19-13-8-9-17(3,4)10-14-19/h16,18H,5-15H2,1-4H3. The fourth-order valence-corrected chi connectivity index (χ4v) is 2.86. The molecule has 1 saturated heterocycles. The molecule has 0 aromatic heterocycles. The first-order valence-electron chi connectivity index (χ1n) is 8.43. The number of unbranched alkanes of at least 4 members (excludes halogenated alkanes) is 2. The second kappa shape index (κ2) is 8.97. The molecule has 0 radical (unpaired) electrons. The highest BCUT2D eigenvalue weighted by Gasteiger charge is 2.22. The molecule has 0 amide bonds. The Bertz CT molecular complexity index is 223. The van der Waals surface area contributed by atoms with E-state index < -0.39 is 0 Å². The van der Waals surface area contributed by atoms with Crippen LogP contribution in [0.3, 0.4) is 0 Å². The molecule has 1 fully saturated rings. The molecule has 2 nitrogen and oxygen atoms in total. The maximum atomic E-state index is 3.53. The summed E-state index contributed by atoms with van der Waals surface area (Å²) in [6, 6.07) is 0. The van der Waals surface area contributed by atoms with Gasteiger partial charge in [-0.3, -0.25) is 0 Å². The molecular weight excluding hydrogens is 232 g/mol. The van der Waals surface area contributed by atoms with Gasteiger partial charge in [0.25, 0.3) is 0 Å². The maximum absolute atomic E-state index is 3.53. The van der Waals surface area contributed by atoms with Gasteiger partial charge in [-0.25, -0.2) is 0 Å². The number of hydrogen-bond acceptors (Lipinski definition) is 2. The van der Waals surface area contributed by atoms with Gasteiger partial charge in [-0.2, -0.15) is 0 Å². The Kier molecular flexibility index (Phi) is 8.01. The van der Waals surface area contributed by atoms with Crippen molar-refractivity contribution in [3.05, 3.63) is 0 Å². The van der Waals surface area contributed by atoms with Crippen molar-refractivity contribution in [2.24, 2.45) is 11.3 Å². The summed E-state index contributed by atoms with van der Waals surface area (Å²) in [7, 11) is 0. The zero-order valence-electron chi connectivity index (χ0n) is 13.8. The molecule has 0 unspecified atom stereocenters. The van der Waals surface area contributed by atoms with E-state index in [9.17, 15) is 0 Å². The lowest BCUT2D eigenvalue weighted by molar-refractivity contribution is 0.257. The van der Waals surface area contributed by atoms with Crippen molar-refractivity contribution in [1.29, 1.82) is 0 Å². The molecule has 0 aliphatic carbocycles. The van der Waals surface area contributed by atoms with E-state index in [0.717, 1.165) is 5.92 Å². The third kappa shape index (κ3) is 8.65. The Morgan fingerprint density at radius 1 is 1.05 bits per heavy atom. The van der Waals surface area contributed by atoms with Crippen molar-refractivity contribution in [2.75, 3.05) is 32.7 Å². The predicted molar refractivity (Wildman–Crippen MR) is 85.6 cm³/mol. The molecule has 0 saturated carbocycles. The molecule has 1 aliphatic rings. The minimum Gasteiger partial charge on any atom is -0.316 e. The van der Waals surface area contributed by atoms with E-state index in [1.54, 1.807) is 0 Å². The van der Waals surface area contributed by atoms with Crippen LogP contribution in [0.25, 0.3) is 0 Å². The highest BCUT2D eigenvalue weighted by Crippen LogP contribution is 2.29. The molecule has 114 valence electrons. The first-order valence-corrected chi connectivity index (χ1v) is 8.43. The van der Waals surface area contributed by atoms with Gasteiger partial charge in [-0.05, 0) is 76.2 Å². The topological polar surface area (TPSA) is 15.3 Å². The van der Waals surface area contributed by atoms with Gasteiger partial charge in [0, 0.05) is 0 Å². The van der Waals surface area contributed by atoms with Crippen LogP contribution in [0.4, 0.5) is 0 Å². The zero-order chi connectivity index (χ0) is 14.1. The summed E-state index contributed by atoms with van der Waals surface area (Å²) >= 11 is 0. The van der Waals surface area contributed by atoms with E-state index in [4.69, 9.17) is 0 Å². The molecule has 0 atom stereocenters. The van der Waals surface area contributed by atoms with Gasteiger partial charge in [0.2, 0.25) is 0 Å². The van der Waals surface area contributed by atoms with E-state index >= 15 is 0 Å². The first-order chi connectivity index (χ1) is 8.99. The molecule has 19 heavy (non-hydrogen) atoms. The first kappa shape index (κ1) is 17.0. The van der Waals surface area contributed by atoms with E-state index in [0.29, 0.717) is 5.41 Å². The Balaban J connectivity index is 1.97. The molecule has 0 bridgehead atoms. The molecule has 1 rings (SSSR count). The van der Waals surface area contributed by atoms with Crippen LogP contribution in [0.1, 0.15) is 66.2 Å². The number of nitrogens with zero attached hydrogens (tertiary/aromatic N) is 1. The van der Waals surface area contributed by atoms with Gasteiger partial charge >= 0.3 is 0 Å². The smallest absolute Gasteiger partial charge is 0.00136 e. The SMILES string of the molecule is CC(C)CNCCCCCN1CCCC(C)(C)CC1. The highest BCUT2D eigenvalue weighted by atomic mass is 15.1. The summed E-state index contributed by atoms with van der Waals surface area (Å²) in [4.78, 5) is 2.69. The molecule has 0 aromatic rings. The Morgan fingerprint density at radius 3 is 2.58 bits per heavy atom. The second-order valence-corrected chi connectivity index (χ2v) is 7.52. The Labute approximate surface area is 121 Å². The lowest BCUT2D eigenvalue weighted by Gasteiger charge is -2.23. The van der Waals surface area contributed by atoms with Crippen molar-refractivity contribution in [2.45, 2.75) is 66.2 Å². The van der Waals surface area contributed by atoms with Crippen molar-refractivity contribution in [1.82, 2.24) is 10.2 Å². The third-order valence-corrected chi connectivity index (χ3v) is 4.31. The van der Waals surface area contributed by atoms with Gasteiger partial charge in [0.15, 0.2) is 0 Å². The number of rotatable bonds is 8. The second-order valence-electron chi connectivity index (χ2n) is 7.52. The zero-order valence-corrected chi connectivity index (χ0v) is 13.8. The van der Waals surface area contributed by atoms with Crippen LogP contribution in [0, 0.1) is 11.3 Å².